The summed E-state index contributed by atoms with van der Waals surface area (Å²) in [7, 11) is -9.90. The van der Waals surface area contributed by atoms with Gasteiger partial charge in [-0.1, -0.05) is 325 Å². The SMILES string of the molecule is CCCCCCCCCCCC(=O)OC[C@H](COP(=O)(O)OC[C@H](O)COP(=O)(O)OC[C@@H](COC(=O)CCCCCCCCCCCCCC(C)C)OC(=O)CCCCCCCCCCCCCCCCCCCCC(C)C)OC(=O)CCCCCCCCC(C)C. The molecule has 0 amide bonds. The molecule has 0 fully saturated rings. The second-order valence-electron chi connectivity index (χ2n) is 28.1. The van der Waals surface area contributed by atoms with Crippen LogP contribution < -0.4 is 0 Å². The van der Waals surface area contributed by atoms with Gasteiger partial charge in [0.1, 0.15) is 19.3 Å². The zero-order valence-corrected chi connectivity index (χ0v) is 62.5. The highest BCUT2D eigenvalue weighted by atomic mass is 31.2. The molecule has 5 atom stereocenters. The molecule has 0 aromatic carbocycles. The third-order valence-electron chi connectivity index (χ3n) is 17.1. The minimum atomic E-state index is -4.96. The molecule has 0 aliphatic carbocycles. The number of aliphatic hydroxyl groups is 1. The largest absolute Gasteiger partial charge is 0.472 e. The average Bonchev–Trinajstić information content (AvgIpc) is 2.76. The third-order valence-corrected chi connectivity index (χ3v) is 19.0. The Bertz CT molecular complexity index is 1820. The third kappa shape index (κ3) is 68.4. The van der Waals surface area contributed by atoms with Crippen molar-refractivity contribution in [1.29, 1.82) is 0 Å². The van der Waals surface area contributed by atoms with Crippen LogP contribution >= 0.6 is 15.6 Å². The Kier molecular flexibility index (Phi) is 63.4. The molecule has 19 heteroatoms. The Balaban J connectivity index is 5.17. The van der Waals surface area contributed by atoms with E-state index in [9.17, 15) is 43.2 Å². The highest BCUT2D eigenvalue weighted by Crippen LogP contribution is 2.45. The molecule has 17 nitrogen and oxygen atoms in total. The fourth-order valence-electron chi connectivity index (χ4n) is 11.2. The lowest BCUT2D eigenvalue weighted by atomic mass is 10.0. The molecule has 0 aromatic heterocycles. The van der Waals surface area contributed by atoms with E-state index in [1.54, 1.807) is 0 Å². The molecule has 0 spiro atoms. The Labute approximate surface area is 568 Å². The van der Waals surface area contributed by atoms with E-state index < -0.39 is 97.5 Å². The van der Waals surface area contributed by atoms with Crippen LogP contribution in [0.1, 0.15) is 376 Å². The van der Waals surface area contributed by atoms with Gasteiger partial charge < -0.3 is 33.8 Å². The van der Waals surface area contributed by atoms with Gasteiger partial charge in [0.05, 0.1) is 26.4 Å². The number of phosphoric ester groups is 2. The van der Waals surface area contributed by atoms with Crippen LogP contribution in [0.5, 0.6) is 0 Å². The number of carbonyl (C=O) groups excluding carboxylic acids is 4. The first-order valence-electron chi connectivity index (χ1n) is 38.3. The van der Waals surface area contributed by atoms with Crippen molar-refractivity contribution in [1.82, 2.24) is 0 Å². The molecule has 0 rings (SSSR count). The monoisotopic (exact) mass is 1370 g/mol. The van der Waals surface area contributed by atoms with Crippen LogP contribution in [0.3, 0.4) is 0 Å². The number of aliphatic hydroxyl groups excluding tert-OH is 1. The van der Waals surface area contributed by atoms with Gasteiger partial charge in [0.2, 0.25) is 0 Å². The molecule has 0 aromatic rings. The van der Waals surface area contributed by atoms with Crippen molar-refractivity contribution in [2.45, 2.75) is 394 Å². The summed E-state index contributed by atoms with van der Waals surface area (Å²) >= 11 is 0. The van der Waals surface area contributed by atoms with Gasteiger partial charge in [0, 0.05) is 25.7 Å². The normalized spacial score (nSPS) is 14.1. The van der Waals surface area contributed by atoms with Crippen LogP contribution in [0.2, 0.25) is 0 Å². The zero-order chi connectivity index (χ0) is 68.7. The van der Waals surface area contributed by atoms with E-state index in [1.165, 1.54) is 186 Å². The van der Waals surface area contributed by atoms with Gasteiger partial charge in [-0.15, -0.1) is 0 Å². The first kappa shape index (κ1) is 91.1. The van der Waals surface area contributed by atoms with Gasteiger partial charge in [0.15, 0.2) is 12.2 Å². The molecule has 552 valence electrons. The summed E-state index contributed by atoms with van der Waals surface area (Å²) in [5.41, 5.74) is 0. The summed E-state index contributed by atoms with van der Waals surface area (Å²) in [6, 6.07) is 0. The highest BCUT2D eigenvalue weighted by Gasteiger charge is 2.30. The van der Waals surface area contributed by atoms with Crippen molar-refractivity contribution in [2.24, 2.45) is 17.8 Å². The van der Waals surface area contributed by atoms with Gasteiger partial charge >= 0.3 is 39.5 Å². The number of esters is 4. The number of hydrogen-bond donors (Lipinski definition) is 3. The van der Waals surface area contributed by atoms with Gasteiger partial charge in [-0.3, -0.25) is 37.3 Å². The lowest BCUT2D eigenvalue weighted by Crippen LogP contribution is -2.30. The van der Waals surface area contributed by atoms with E-state index in [1.807, 2.05) is 0 Å². The van der Waals surface area contributed by atoms with Crippen molar-refractivity contribution in [2.75, 3.05) is 39.6 Å². The second kappa shape index (κ2) is 64.7. The fourth-order valence-corrected chi connectivity index (χ4v) is 12.8. The number of rotatable bonds is 72. The van der Waals surface area contributed by atoms with E-state index in [0.29, 0.717) is 31.6 Å². The molecule has 0 heterocycles. The van der Waals surface area contributed by atoms with E-state index in [2.05, 4.69) is 48.5 Å². The van der Waals surface area contributed by atoms with E-state index >= 15 is 0 Å². The molecule has 3 N–H and O–H groups in total. The number of hydrogen-bond acceptors (Lipinski definition) is 15. The summed E-state index contributed by atoms with van der Waals surface area (Å²) < 4.78 is 68.3. The van der Waals surface area contributed by atoms with Crippen molar-refractivity contribution in [3.8, 4) is 0 Å². The van der Waals surface area contributed by atoms with Gasteiger partial charge in [-0.2, -0.15) is 0 Å². The lowest BCUT2D eigenvalue weighted by molar-refractivity contribution is -0.161. The predicted molar refractivity (Wildman–Crippen MR) is 377 cm³/mol. The summed E-state index contributed by atoms with van der Waals surface area (Å²) in [6.07, 6.45) is 50.3. The van der Waals surface area contributed by atoms with Crippen molar-refractivity contribution < 1.29 is 80.2 Å². The van der Waals surface area contributed by atoms with Crippen molar-refractivity contribution in [3.63, 3.8) is 0 Å². The van der Waals surface area contributed by atoms with Crippen LogP contribution in [0.15, 0.2) is 0 Å². The van der Waals surface area contributed by atoms with Crippen LogP contribution in [0.25, 0.3) is 0 Å². The standard InChI is InChI=1S/C74H144O17P2/c1-8-9-10-11-12-26-33-41-48-55-71(76)84-62-70(91-74(79)58-51-44-37-36-40-47-54-67(6)7)64-89-93(82,83)87-60-68(75)59-86-92(80,81)88-63-69(61-85-72(77)56-49-42-34-29-25-21-23-28-32-39-46-53-66(4)5)90-73(78)57-50-43-35-30-24-20-18-16-14-13-15-17-19-22-27-31-38-45-52-65(2)3/h65-70,75H,8-64H2,1-7H3,(H,80,81)(H,82,83)/t68-,69-,70-/m1/s1. The van der Waals surface area contributed by atoms with Gasteiger partial charge in [-0.25, -0.2) is 9.13 Å². The first-order chi connectivity index (χ1) is 44.7. The van der Waals surface area contributed by atoms with Crippen LogP contribution in [0, 0.1) is 17.8 Å². The number of carbonyl (C=O) groups is 4. The lowest BCUT2D eigenvalue weighted by Gasteiger charge is -2.21. The minimum Gasteiger partial charge on any atom is -0.462 e. The second-order valence-corrected chi connectivity index (χ2v) is 31.0. The van der Waals surface area contributed by atoms with Gasteiger partial charge in [-0.05, 0) is 43.4 Å². The molecule has 0 radical (unpaired) electrons. The van der Waals surface area contributed by atoms with Crippen molar-refractivity contribution in [3.05, 3.63) is 0 Å². The zero-order valence-electron chi connectivity index (χ0n) is 60.7. The average molecular weight is 1370 g/mol. The van der Waals surface area contributed by atoms with E-state index in [4.69, 9.17) is 37.0 Å². The maximum Gasteiger partial charge on any atom is 0.472 e. The number of ether oxygens (including phenoxy) is 4. The topological polar surface area (TPSA) is 237 Å². The Morgan fingerprint density at radius 2 is 0.495 bits per heavy atom. The van der Waals surface area contributed by atoms with Crippen LogP contribution in [-0.2, 0) is 65.4 Å². The van der Waals surface area contributed by atoms with E-state index in [0.717, 1.165) is 102 Å². The molecule has 0 bridgehead atoms. The number of unbranched alkanes of at least 4 members (excludes halogenated alkanes) is 40. The first-order valence-corrected chi connectivity index (χ1v) is 41.3. The molecule has 2 unspecified atom stereocenters. The quantitative estimate of drug-likeness (QED) is 0.0222. The van der Waals surface area contributed by atoms with Gasteiger partial charge in [0.25, 0.3) is 0 Å². The molecule has 0 aliphatic heterocycles. The van der Waals surface area contributed by atoms with E-state index in [-0.39, 0.29) is 25.7 Å². The molecular weight excluding hydrogens is 1220 g/mol. The highest BCUT2D eigenvalue weighted by molar-refractivity contribution is 7.47. The molecule has 93 heavy (non-hydrogen) atoms. The Morgan fingerprint density at radius 1 is 0.290 bits per heavy atom. The number of phosphoric acid groups is 2. The molecular formula is C74H144O17P2. The van der Waals surface area contributed by atoms with Crippen molar-refractivity contribution >= 4 is 39.5 Å². The fraction of sp³-hybridized carbons (Fsp3) is 0.946. The summed E-state index contributed by atoms with van der Waals surface area (Å²) in [4.78, 5) is 72.6. The summed E-state index contributed by atoms with van der Waals surface area (Å²) in [5, 5.41) is 10.6. The van der Waals surface area contributed by atoms with Crippen LogP contribution in [0.4, 0.5) is 0 Å². The smallest absolute Gasteiger partial charge is 0.462 e. The Hall–Kier alpha value is -1.94. The summed E-state index contributed by atoms with van der Waals surface area (Å²) in [5.74, 6) is 0.134. The van der Waals surface area contributed by atoms with Crippen LogP contribution in [-0.4, -0.2) is 96.7 Å². The molecule has 0 saturated heterocycles. The maximum absolute atomic E-state index is 13.1. The molecule has 0 saturated carbocycles. The maximum atomic E-state index is 13.1. The Morgan fingerprint density at radius 3 is 0.731 bits per heavy atom. The minimum absolute atomic E-state index is 0.102. The molecule has 0 aliphatic rings. The summed E-state index contributed by atoms with van der Waals surface area (Å²) in [6.45, 7) is 11.8. The predicted octanol–water partition coefficient (Wildman–Crippen LogP) is 21.4.